The zero-order valence-electron chi connectivity index (χ0n) is 21.3. The molecule has 6 nitrogen and oxygen atoms in total. The van der Waals surface area contributed by atoms with Gasteiger partial charge >= 0.3 is 12.2 Å². The van der Waals surface area contributed by atoms with Crippen LogP contribution in [0.1, 0.15) is 45.1 Å². The molecule has 1 saturated heterocycles. The lowest BCUT2D eigenvalue weighted by molar-refractivity contribution is -0.137. The monoisotopic (exact) mass is 524 g/mol. The van der Waals surface area contributed by atoms with Gasteiger partial charge in [-0.25, -0.2) is 4.79 Å². The van der Waals surface area contributed by atoms with Crippen LogP contribution in [0.25, 0.3) is 0 Å². The van der Waals surface area contributed by atoms with Crippen LogP contribution in [0.2, 0.25) is 0 Å². The number of carbonyl (C=O) groups excluding carboxylic acids is 2. The van der Waals surface area contributed by atoms with Gasteiger partial charge in [-0.3, -0.25) is 4.79 Å². The predicted molar refractivity (Wildman–Crippen MR) is 141 cm³/mol. The number of alkyl halides is 3. The lowest BCUT2D eigenvalue weighted by Crippen LogP contribution is -2.47. The molecule has 0 bridgehead atoms. The number of nitrogens with one attached hydrogen (secondary N) is 3. The fourth-order valence-electron chi connectivity index (χ4n) is 4.70. The van der Waals surface area contributed by atoms with Gasteiger partial charge in [0.15, 0.2) is 0 Å². The predicted octanol–water partition coefficient (Wildman–Crippen LogP) is 5.37. The van der Waals surface area contributed by atoms with Gasteiger partial charge in [-0.15, -0.1) is 0 Å². The van der Waals surface area contributed by atoms with Crippen molar-refractivity contribution in [2.24, 2.45) is 0 Å². The van der Waals surface area contributed by atoms with Crippen molar-refractivity contribution in [3.8, 4) is 0 Å². The highest BCUT2D eigenvalue weighted by Gasteiger charge is 2.31. The quantitative estimate of drug-likeness (QED) is 0.389. The molecule has 2 unspecified atom stereocenters. The van der Waals surface area contributed by atoms with E-state index in [0.29, 0.717) is 17.7 Å². The molecule has 1 aliphatic rings. The van der Waals surface area contributed by atoms with Crippen molar-refractivity contribution >= 4 is 17.6 Å². The first-order valence-electron chi connectivity index (χ1n) is 12.5. The summed E-state index contributed by atoms with van der Waals surface area (Å²) in [5.41, 5.74) is 3.10. The van der Waals surface area contributed by atoms with Crippen molar-refractivity contribution in [1.82, 2.24) is 16.0 Å². The van der Waals surface area contributed by atoms with E-state index in [9.17, 15) is 22.8 Å². The van der Waals surface area contributed by atoms with E-state index in [0.717, 1.165) is 41.9 Å². The van der Waals surface area contributed by atoms with E-state index >= 15 is 0 Å². The number of hydrogen-bond acceptors (Lipinski definition) is 3. The van der Waals surface area contributed by atoms with E-state index in [1.54, 1.807) is 12.1 Å². The van der Waals surface area contributed by atoms with Crippen LogP contribution in [0.3, 0.4) is 0 Å². The molecule has 0 radical (unpaired) electrons. The first kappa shape index (κ1) is 27.0. The Morgan fingerprint density at radius 1 is 0.974 bits per heavy atom. The number of para-hydroxylation sites is 1. The second kappa shape index (κ2) is 11.6. The molecule has 0 aromatic heterocycles. The third-order valence-corrected chi connectivity index (χ3v) is 6.54. The SMILES string of the molecule is Cc1cc(C)cc(C(=O)NCC(NC(=O)NC2CCN(c3ccccc3)C2)c2ccc(C(F)(F)F)cc2)c1. The van der Waals surface area contributed by atoms with Gasteiger partial charge in [0.2, 0.25) is 0 Å². The Hall–Kier alpha value is -4.01. The molecular weight excluding hydrogens is 493 g/mol. The summed E-state index contributed by atoms with van der Waals surface area (Å²) < 4.78 is 39.2. The standard InChI is InChI=1S/C29H31F3N4O2/c1-19-14-20(2)16-22(15-19)27(37)33-17-26(21-8-10-23(11-9-21)29(30,31)32)35-28(38)34-24-12-13-36(18-24)25-6-4-3-5-7-25/h3-11,14-16,24,26H,12-13,17-18H2,1-2H3,(H,33,37)(H2,34,35,38). The topological polar surface area (TPSA) is 73.5 Å². The second-order valence-electron chi connectivity index (χ2n) is 9.64. The summed E-state index contributed by atoms with van der Waals surface area (Å²) in [4.78, 5) is 27.9. The number of hydrogen-bond donors (Lipinski definition) is 3. The smallest absolute Gasteiger partial charge is 0.369 e. The number of amides is 3. The highest BCUT2D eigenvalue weighted by Crippen LogP contribution is 2.30. The number of nitrogens with zero attached hydrogens (tertiary/aromatic N) is 1. The fraction of sp³-hybridized carbons (Fsp3) is 0.310. The van der Waals surface area contributed by atoms with Crippen LogP contribution in [0.4, 0.5) is 23.7 Å². The molecule has 1 heterocycles. The number of urea groups is 1. The summed E-state index contributed by atoms with van der Waals surface area (Å²) >= 11 is 0. The van der Waals surface area contributed by atoms with E-state index in [1.165, 1.54) is 12.1 Å². The first-order valence-corrected chi connectivity index (χ1v) is 12.5. The van der Waals surface area contributed by atoms with Gasteiger partial charge in [0, 0.05) is 36.9 Å². The van der Waals surface area contributed by atoms with Crippen molar-refractivity contribution in [2.45, 2.75) is 38.5 Å². The number of carbonyl (C=O) groups is 2. The minimum absolute atomic E-state index is 0.00537. The van der Waals surface area contributed by atoms with Crippen LogP contribution >= 0.6 is 0 Å². The highest BCUT2D eigenvalue weighted by atomic mass is 19.4. The van der Waals surface area contributed by atoms with Crippen LogP contribution in [0.15, 0.2) is 72.8 Å². The molecule has 1 fully saturated rings. The number of rotatable bonds is 7. The lowest BCUT2D eigenvalue weighted by atomic mass is 10.0. The van der Waals surface area contributed by atoms with Crippen LogP contribution in [0.5, 0.6) is 0 Å². The molecule has 0 saturated carbocycles. The number of benzene rings is 3. The average molecular weight is 525 g/mol. The minimum atomic E-state index is -4.47. The Labute approximate surface area is 220 Å². The maximum Gasteiger partial charge on any atom is 0.416 e. The minimum Gasteiger partial charge on any atom is -0.369 e. The summed E-state index contributed by atoms with van der Waals surface area (Å²) in [5, 5.41) is 8.61. The number of aryl methyl sites for hydroxylation is 2. The van der Waals surface area contributed by atoms with Crippen molar-refractivity contribution < 1.29 is 22.8 Å². The molecular formula is C29H31F3N4O2. The molecule has 4 rings (SSSR count). The summed E-state index contributed by atoms with van der Waals surface area (Å²) in [6.45, 7) is 5.23. The van der Waals surface area contributed by atoms with Gasteiger partial charge < -0.3 is 20.9 Å². The van der Waals surface area contributed by atoms with Gasteiger partial charge in [-0.1, -0.05) is 47.5 Å². The van der Waals surface area contributed by atoms with E-state index in [4.69, 9.17) is 0 Å². The zero-order chi connectivity index (χ0) is 27.3. The molecule has 1 aliphatic heterocycles. The summed E-state index contributed by atoms with van der Waals surface area (Å²) in [6.07, 6.45) is -3.71. The van der Waals surface area contributed by atoms with Crippen LogP contribution in [-0.4, -0.2) is 37.6 Å². The van der Waals surface area contributed by atoms with Crippen molar-refractivity contribution in [3.05, 3.63) is 101 Å². The third kappa shape index (κ3) is 7.06. The van der Waals surface area contributed by atoms with E-state index in [1.807, 2.05) is 50.2 Å². The Morgan fingerprint density at radius 3 is 2.26 bits per heavy atom. The molecule has 3 N–H and O–H groups in total. The molecule has 200 valence electrons. The largest absolute Gasteiger partial charge is 0.416 e. The first-order chi connectivity index (χ1) is 18.1. The average Bonchev–Trinajstić information content (AvgIpc) is 3.34. The van der Waals surface area contributed by atoms with Gasteiger partial charge in [0.05, 0.1) is 11.6 Å². The molecule has 3 amide bonds. The Morgan fingerprint density at radius 2 is 1.63 bits per heavy atom. The van der Waals surface area contributed by atoms with Crippen LogP contribution < -0.4 is 20.9 Å². The zero-order valence-corrected chi connectivity index (χ0v) is 21.3. The second-order valence-corrected chi connectivity index (χ2v) is 9.64. The normalized spacial score (nSPS) is 16.1. The summed E-state index contributed by atoms with van der Waals surface area (Å²) in [6, 6.07) is 18.7. The summed E-state index contributed by atoms with van der Waals surface area (Å²) in [5.74, 6) is -0.329. The van der Waals surface area contributed by atoms with E-state index < -0.39 is 23.8 Å². The fourth-order valence-corrected chi connectivity index (χ4v) is 4.70. The molecule has 9 heteroatoms. The molecule has 38 heavy (non-hydrogen) atoms. The van der Waals surface area contributed by atoms with Crippen molar-refractivity contribution in [1.29, 1.82) is 0 Å². The van der Waals surface area contributed by atoms with Gasteiger partial charge in [-0.2, -0.15) is 13.2 Å². The maximum absolute atomic E-state index is 13.1. The van der Waals surface area contributed by atoms with Crippen LogP contribution in [-0.2, 0) is 6.18 Å². The Kier molecular flexibility index (Phi) is 8.24. The molecule has 2 atom stereocenters. The molecule has 0 aliphatic carbocycles. The Bertz CT molecular complexity index is 1240. The van der Waals surface area contributed by atoms with E-state index in [2.05, 4.69) is 20.9 Å². The number of halogens is 3. The number of anilines is 1. The Balaban J connectivity index is 1.43. The highest BCUT2D eigenvalue weighted by molar-refractivity contribution is 5.94. The molecule has 3 aromatic carbocycles. The third-order valence-electron chi connectivity index (χ3n) is 6.54. The molecule has 0 spiro atoms. The van der Waals surface area contributed by atoms with Crippen LogP contribution in [0, 0.1) is 13.8 Å². The molecule has 3 aromatic rings. The van der Waals surface area contributed by atoms with Gasteiger partial charge in [0.1, 0.15) is 0 Å². The lowest BCUT2D eigenvalue weighted by Gasteiger charge is -2.23. The van der Waals surface area contributed by atoms with Crippen molar-refractivity contribution in [3.63, 3.8) is 0 Å². The van der Waals surface area contributed by atoms with Crippen molar-refractivity contribution in [2.75, 3.05) is 24.5 Å². The summed E-state index contributed by atoms with van der Waals surface area (Å²) in [7, 11) is 0. The van der Waals surface area contributed by atoms with Gasteiger partial charge in [-0.05, 0) is 62.2 Å². The van der Waals surface area contributed by atoms with Gasteiger partial charge in [0.25, 0.3) is 5.91 Å². The van der Waals surface area contributed by atoms with E-state index in [-0.39, 0.29) is 18.5 Å². The maximum atomic E-state index is 13.1.